The van der Waals surface area contributed by atoms with Crippen molar-refractivity contribution >= 4 is 39.8 Å². The number of fused-ring (bicyclic) bond motifs is 2. The molecule has 0 saturated carbocycles. The van der Waals surface area contributed by atoms with E-state index in [9.17, 15) is 4.79 Å². The minimum Gasteiger partial charge on any atom is -0.367 e. The largest absolute Gasteiger partial charge is 0.367 e. The Hall–Kier alpha value is -2.63. The van der Waals surface area contributed by atoms with Gasteiger partial charge in [-0.1, -0.05) is 29.8 Å². The minimum atomic E-state index is -0.126. The van der Waals surface area contributed by atoms with Crippen LogP contribution >= 0.6 is 11.6 Å². The summed E-state index contributed by atoms with van der Waals surface area (Å²) in [6.07, 6.45) is 4.25. The summed E-state index contributed by atoms with van der Waals surface area (Å²) in [4.78, 5) is 22.6. The molecule has 160 valence electrons. The zero-order chi connectivity index (χ0) is 21.4. The molecular weight excluding hydrogens is 408 g/mol. The van der Waals surface area contributed by atoms with Crippen LogP contribution in [-0.4, -0.2) is 49.0 Å². The molecule has 1 amide bonds. The zero-order valence-corrected chi connectivity index (χ0v) is 18.6. The van der Waals surface area contributed by atoms with E-state index in [1.807, 2.05) is 36.4 Å². The molecule has 2 heterocycles. The number of anilines is 2. The van der Waals surface area contributed by atoms with Crippen molar-refractivity contribution in [2.24, 2.45) is 0 Å². The molecule has 1 aliphatic carbocycles. The monoisotopic (exact) mass is 434 g/mol. The molecule has 1 N–H and O–H groups in total. The summed E-state index contributed by atoms with van der Waals surface area (Å²) >= 11 is 6.69. The van der Waals surface area contributed by atoms with Crippen molar-refractivity contribution in [2.45, 2.75) is 25.7 Å². The van der Waals surface area contributed by atoms with Crippen LogP contribution in [-0.2, 0) is 12.8 Å². The summed E-state index contributed by atoms with van der Waals surface area (Å²) in [5.74, 6) is -0.126. The molecule has 2 aliphatic rings. The van der Waals surface area contributed by atoms with Gasteiger partial charge in [-0.3, -0.25) is 9.78 Å². The number of amides is 1. The van der Waals surface area contributed by atoms with Gasteiger partial charge in [-0.2, -0.15) is 0 Å². The lowest BCUT2D eigenvalue weighted by Crippen LogP contribution is -2.44. The molecule has 1 aromatic heterocycles. The molecule has 0 unspecified atom stereocenters. The molecule has 0 bridgehead atoms. The molecule has 1 saturated heterocycles. The quantitative estimate of drug-likeness (QED) is 0.645. The minimum absolute atomic E-state index is 0.126. The van der Waals surface area contributed by atoms with Gasteiger partial charge in [-0.25, -0.2) is 0 Å². The lowest BCUT2D eigenvalue weighted by atomic mass is 9.94. The maximum Gasteiger partial charge on any atom is 0.255 e. The number of likely N-dealkylation sites (N-methyl/N-ethyl adjacent to an activating group) is 1. The van der Waals surface area contributed by atoms with E-state index >= 15 is 0 Å². The Balaban J connectivity index is 1.42. The Labute approximate surface area is 188 Å². The summed E-state index contributed by atoms with van der Waals surface area (Å²) in [6, 6.07) is 13.7. The summed E-state index contributed by atoms with van der Waals surface area (Å²) in [5, 5.41) is 4.85. The number of pyridine rings is 1. The van der Waals surface area contributed by atoms with E-state index in [-0.39, 0.29) is 5.91 Å². The van der Waals surface area contributed by atoms with Gasteiger partial charge in [0.15, 0.2) is 0 Å². The van der Waals surface area contributed by atoms with E-state index in [2.05, 4.69) is 28.2 Å². The molecule has 31 heavy (non-hydrogen) atoms. The average Bonchev–Trinajstić information content (AvgIpc) is 2.80. The number of carbonyl (C=O) groups is 1. The van der Waals surface area contributed by atoms with Gasteiger partial charge in [-0.15, -0.1) is 0 Å². The number of hydrogen-bond acceptors (Lipinski definition) is 4. The average molecular weight is 435 g/mol. The number of halogens is 1. The fourth-order valence-electron chi connectivity index (χ4n) is 4.61. The van der Waals surface area contributed by atoms with E-state index in [1.165, 1.54) is 5.56 Å². The van der Waals surface area contributed by atoms with Crippen molar-refractivity contribution in [3.8, 4) is 0 Å². The van der Waals surface area contributed by atoms with Gasteiger partial charge >= 0.3 is 0 Å². The fourth-order valence-corrected chi connectivity index (χ4v) is 4.97. The number of rotatable bonds is 3. The highest BCUT2D eigenvalue weighted by atomic mass is 35.5. The molecule has 5 rings (SSSR count). The van der Waals surface area contributed by atoms with Crippen molar-refractivity contribution in [3.05, 3.63) is 64.3 Å². The fraction of sp³-hybridized carbons (Fsp3) is 0.360. The van der Waals surface area contributed by atoms with Gasteiger partial charge in [0, 0.05) is 42.8 Å². The van der Waals surface area contributed by atoms with Crippen molar-refractivity contribution in [1.82, 2.24) is 9.88 Å². The molecule has 2 aromatic carbocycles. The topological polar surface area (TPSA) is 48.5 Å². The Morgan fingerprint density at radius 1 is 1.03 bits per heavy atom. The first-order valence-corrected chi connectivity index (χ1v) is 11.4. The first-order chi connectivity index (χ1) is 15.1. The van der Waals surface area contributed by atoms with Crippen molar-refractivity contribution < 1.29 is 4.79 Å². The first-order valence-electron chi connectivity index (χ1n) is 11.0. The van der Waals surface area contributed by atoms with E-state index in [1.54, 1.807) is 0 Å². The number of carbonyl (C=O) groups excluding carboxylic acids is 1. The number of aryl methyl sites for hydroxylation is 1. The second-order valence-corrected chi connectivity index (χ2v) is 8.93. The standard InChI is InChI=1S/C25H27ClN4O/c1-29-12-14-30(15-13-29)23-9-5-4-8-21(23)28-25(31)17-10-11-19-22(16-17)27-20-7-3-2-6-18(20)24(19)26/h4-5,8-11,16H,2-3,6-7,12-15H2,1H3,(H,28,31). The Kier molecular flexibility index (Phi) is 5.55. The highest BCUT2D eigenvalue weighted by Gasteiger charge is 2.20. The van der Waals surface area contributed by atoms with Gasteiger partial charge in [0.25, 0.3) is 5.91 Å². The van der Waals surface area contributed by atoms with E-state index in [4.69, 9.17) is 16.6 Å². The zero-order valence-electron chi connectivity index (χ0n) is 17.8. The smallest absolute Gasteiger partial charge is 0.255 e. The third-order valence-corrected chi connectivity index (χ3v) is 6.88. The predicted molar refractivity (Wildman–Crippen MR) is 128 cm³/mol. The van der Waals surface area contributed by atoms with Crippen LogP contribution in [0.2, 0.25) is 5.02 Å². The lowest BCUT2D eigenvalue weighted by Gasteiger charge is -2.35. The number of aromatic nitrogens is 1. The summed E-state index contributed by atoms with van der Waals surface area (Å²) in [5.41, 5.74) is 5.57. The number of nitrogens with one attached hydrogen (secondary N) is 1. The van der Waals surface area contributed by atoms with Gasteiger partial charge in [0.05, 0.1) is 21.9 Å². The van der Waals surface area contributed by atoms with Crippen LogP contribution in [0, 0.1) is 0 Å². The molecule has 6 heteroatoms. The third-order valence-electron chi connectivity index (χ3n) is 6.45. The summed E-state index contributed by atoms with van der Waals surface area (Å²) in [6.45, 7) is 3.94. The maximum absolute atomic E-state index is 13.1. The Bertz CT molecular complexity index is 1140. The second-order valence-electron chi connectivity index (χ2n) is 8.55. The number of para-hydroxylation sites is 2. The van der Waals surface area contributed by atoms with Crippen LogP contribution < -0.4 is 10.2 Å². The van der Waals surface area contributed by atoms with E-state index in [0.717, 1.165) is 84.9 Å². The van der Waals surface area contributed by atoms with Crippen LogP contribution in [0.5, 0.6) is 0 Å². The summed E-state index contributed by atoms with van der Waals surface area (Å²) in [7, 11) is 2.14. The maximum atomic E-state index is 13.1. The molecule has 0 atom stereocenters. The molecule has 3 aromatic rings. The third kappa shape index (κ3) is 4.00. The van der Waals surface area contributed by atoms with Crippen LogP contribution in [0.4, 0.5) is 11.4 Å². The number of hydrogen-bond donors (Lipinski definition) is 1. The summed E-state index contributed by atoms with van der Waals surface area (Å²) < 4.78 is 0. The van der Waals surface area contributed by atoms with Crippen LogP contribution in [0.15, 0.2) is 42.5 Å². The van der Waals surface area contributed by atoms with E-state index < -0.39 is 0 Å². The van der Waals surface area contributed by atoms with Crippen molar-refractivity contribution in [2.75, 3.05) is 43.4 Å². The van der Waals surface area contributed by atoms with Crippen molar-refractivity contribution in [3.63, 3.8) is 0 Å². The first kappa shape index (κ1) is 20.3. The predicted octanol–water partition coefficient (Wildman–Crippen LogP) is 4.77. The Morgan fingerprint density at radius 3 is 2.65 bits per heavy atom. The number of nitrogens with zero attached hydrogens (tertiary/aromatic N) is 3. The van der Waals surface area contributed by atoms with E-state index in [0.29, 0.717) is 5.56 Å². The molecule has 5 nitrogen and oxygen atoms in total. The lowest BCUT2D eigenvalue weighted by molar-refractivity contribution is 0.102. The van der Waals surface area contributed by atoms with Crippen molar-refractivity contribution in [1.29, 1.82) is 0 Å². The number of piperazine rings is 1. The van der Waals surface area contributed by atoms with Gasteiger partial charge < -0.3 is 15.1 Å². The normalized spacial score (nSPS) is 16.9. The molecule has 1 aliphatic heterocycles. The van der Waals surface area contributed by atoms with Gasteiger partial charge in [0.1, 0.15) is 0 Å². The highest BCUT2D eigenvalue weighted by Crippen LogP contribution is 2.33. The molecular formula is C25H27ClN4O. The van der Waals surface area contributed by atoms with Gasteiger partial charge in [0.2, 0.25) is 0 Å². The van der Waals surface area contributed by atoms with Gasteiger partial charge in [-0.05, 0) is 62.6 Å². The molecule has 1 fully saturated rings. The van der Waals surface area contributed by atoms with Crippen LogP contribution in [0.1, 0.15) is 34.5 Å². The highest BCUT2D eigenvalue weighted by molar-refractivity contribution is 6.36. The molecule has 0 radical (unpaired) electrons. The Morgan fingerprint density at radius 2 is 1.81 bits per heavy atom. The molecule has 0 spiro atoms. The number of benzene rings is 2. The SMILES string of the molecule is CN1CCN(c2ccccc2NC(=O)c2ccc3c(Cl)c4c(nc3c2)CCCC4)CC1. The van der Waals surface area contributed by atoms with Crippen LogP contribution in [0.3, 0.4) is 0 Å². The second kappa shape index (κ2) is 8.48. The van der Waals surface area contributed by atoms with Crippen LogP contribution in [0.25, 0.3) is 10.9 Å².